The topological polar surface area (TPSA) is 112 Å². The Morgan fingerprint density at radius 2 is 2.30 bits per heavy atom. The summed E-state index contributed by atoms with van der Waals surface area (Å²) in [6.07, 6.45) is 0.935. The van der Waals surface area contributed by atoms with Crippen LogP contribution in [0.2, 0.25) is 0 Å². The van der Waals surface area contributed by atoms with Gasteiger partial charge in [0.2, 0.25) is 0 Å². The van der Waals surface area contributed by atoms with E-state index in [1.165, 1.54) is 6.34 Å². The van der Waals surface area contributed by atoms with Gasteiger partial charge in [-0.05, 0) is 0 Å². The average Bonchev–Trinajstić information content (AvgIpc) is 2.93. The molecule has 1 aromatic heterocycles. The zero-order valence-electron chi connectivity index (χ0n) is 12.2. The second kappa shape index (κ2) is 6.52. The van der Waals surface area contributed by atoms with Gasteiger partial charge in [0.15, 0.2) is 0 Å². The molecular formula is C11H17N4NaO4. The number of anilines is 1. The zero-order valence-corrected chi connectivity index (χ0v) is 13.2. The van der Waals surface area contributed by atoms with Crippen LogP contribution in [0.1, 0.15) is 25.9 Å². The molecule has 106 valence electrons. The molecule has 3 heterocycles. The van der Waals surface area contributed by atoms with Crippen LogP contribution < -0.4 is 34.9 Å². The summed E-state index contributed by atoms with van der Waals surface area (Å²) < 4.78 is 7.27. The van der Waals surface area contributed by atoms with Crippen molar-refractivity contribution in [3.8, 4) is 0 Å². The van der Waals surface area contributed by atoms with E-state index in [0.29, 0.717) is 17.9 Å². The maximum Gasteiger partial charge on any atom is 1.00 e. The minimum atomic E-state index is -0.762. The molecule has 4 atom stereocenters. The van der Waals surface area contributed by atoms with Crippen LogP contribution in [0.15, 0.2) is 11.3 Å². The fourth-order valence-electron chi connectivity index (χ4n) is 2.38. The molecule has 0 amide bonds. The molecule has 1 aromatic rings. The third kappa shape index (κ3) is 2.77. The predicted octanol–water partition coefficient (Wildman–Crippen LogP) is -3.87. The van der Waals surface area contributed by atoms with Crippen molar-refractivity contribution in [3.05, 3.63) is 12.0 Å². The summed E-state index contributed by atoms with van der Waals surface area (Å²) in [4.78, 5) is 8.15. The minimum absolute atomic E-state index is 0. The zero-order chi connectivity index (χ0) is 13.4. The van der Waals surface area contributed by atoms with E-state index in [1.807, 2.05) is 0 Å². The quantitative estimate of drug-likeness (QED) is 0.415. The summed E-state index contributed by atoms with van der Waals surface area (Å²) in [6, 6.07) is 0. The molecule has 0 bridgehead atoms. The molecule has 0 unspecified atom stereocenters. The van der Waals surface area contributed by atoms with Gasteiger partial charge in [-0.25, -0.2) is 4.98 Å². The van der Waals surface area contributed by atoms with E-state index in [0.717, 1.165) is 0 Å². The largest absolute Gasteiger partial charge is 1.00 e. The second-order valence-electron chi connectivity index (χ2n) is 4.65. The first-order valence-electron chi connectivity index (χ1n) is 6.14. The van der Waals surface area contributed by atoms with Crippen LogP contribution in [0.3, 0.4) is 0 Å². The standard InChI is InChI=1S/C11H16N4O4.Na.H/c16-3-8-6(17)1-9(19-8)15-5-14-10-7(18)2-12-4-13-11(10)15;;/h4-9,16-18H,1-3H2,(H,12,13);;/q;+1;-1/t6-,7+,8+,9+;;/m0../s1. The van der Waals surface area contributed by atoms with Crippen molar-refractivity contribution >= 4 is 12.2 Å². The van der Waals surface area contributed by atoms with Crippen molar-refractivity contribution in [2.24, 2.45) is 4.99 Å². The third-order valence-electron chi connectivity index (χ3n) is 3.40. The molecule has 2 aliphatic heterocycles. The van der Waals surface area contributed by atoms with Crippen molar-refractivity contribution in [1.29, 1.82) is 0 Å². The number of nitrogens with zero attached hydrogens (tertiary/aromatic N) is 3. The molecule has 4 N–H and O–H groups in total. The fourth-order valence-corrected chi connectivity index (χ4v) is 2.38. The van der Waals surface area contributed by atoms with Crippen LogP contribution in [0.5, 0.6) is 0 Å². The van der Waals surface area contributed by atoms with Crippen LogP contribution in [0, 0.1) is 0 Å². The SMILES string of the molecule is OC[C@H]1O[C@@H](n2cnc3c2NC=NC[C@H]3O)C[C@@H]1O.[H-].[Na+]. The fraction of sp³-hybridized carbons (Fsp3) is 0.636. The Balaban J connectivity index is 0.00000110. The molecule has 20 heavy (non-hydrogen) atoms. The molecule has 0 spiro atoms. The summed E-state index contributed by atoms with van der Waals surface area (Å²) in [6.45, 7) is 0.0243. The number of aromatic nitrogens is 2. The van der Waals surface area contributed by atoms with Gasteiger partial charge in [0.05, 0.1) is 31.9 Å². The summed E-state index contributed by atoms with van der Waals surface area (Å²) in [5, 5.41) is 31.7. The van der Waals surface area contributed by atoms with Crippen LogP contribution in [0.25, 0.3) is 0 Å². The van der Waals surface area contributed by atoms with Gasteiger partial charge in [-0.3, -0.25) is 9.56 Å². The number of hydrogen-bond donors (Lipinski definition) is 4. The van der Waals surface area contributed by atoms with Gasteiger partial charge in [0.25, 0.3) is 0 Å². The van der Waals surface area contributed by atoms with E-state index in [1.54, 1.807) is 10.9 Å². The smallest absolute Gasteiger partial charge is 1.00 e. The first-order valence-corrected chi connectivity index (χ1v) is 6.14. The minimum Gasteiger partial charge on any atom is -1.00 e. The second-order valence-corrected chi connectivity index (χ2v) is 4.65. The van der Waals surface area contributed by atoms with E-state index in [4.69, 9.17) is 9.84 Å². The summed E-state index contributed by atoms with van der Waals surface area (Å²) in [5.41, 5.74) is 0.503. The molecule has 0 aliphatic carbocycles. The Kier molecular flexibility index (Phi) is 5.19. The average molecular weight is 292 g/mol. The Morgan fingerprint density at radius 1 is 1.50 bits per heavy atom. The van der Waals surface area contributed by atoms with Crippen LogP contribution >= 0.6 is 0 Å². The van der Waals surface area contributed by atoms with Gasteiger partial charge < -0.3 is 26.8 Å². The van der Waals surface area contributed by atoms with Crippen molar-refractivity contribution in [1.82, 2.24) is 9.55 Å². The van der Waals surface area contributed by atoms with Crippen molar-refractivity contribution in [2.45, 2.75) is 31.0 Å². The molecule has 1 saturated heterocycles. The van der Waals surface area contributed by atoms with Gasteiger partial charge in [0.1, 0.15) is 29.9 Å². The maximum atomic E-state index is 9.89. The number of aliphatic hydroxyl groups is 3. The number of nitrogens with one attached hydrogen (secondary N) is 1. The first kappa shape index (κ1) is 15.9. The van der Waals surface area contributed by atoms with Gasteiger partial charge in [0, 0.05) is 6.42 Å². The number of aliphatic imine (C=N–C) groups is 1. The van der Waals surface area contributed by atoms with Gasteiger partial charge in [-0.1, -0.05) is 0 Å². The van der Waals surface area contributed by atoms with Crippen molar-refractivity contribution in [3.63, 3.8) is 0 Å². The summed E-state index contributed by atoms with van der Waals surface area (Å²) in [7, 11) is 0. The van der Waals surface area contributed by atoms with Crippen LogP contribution in [-0.2, 0) is 4.74 Å². The summed E-state index contributed by atoms with van der Waals surface area (Å²) >= 11 is 0. The summed E-state index contributed by atoms with van der Waals surface area (Å²) in [5.74, 6) is 0.601. The molecule has 2 aliphatic rings. The normalized spacial score (nSPS) is 32.1. The number of ether oxygens (including phenoxy) is 1. The molecule has 9 heteroatoms. The van der Waals surface area contributed by atoms with Crippen LogP contribution in [0.4, 0.5) is 5.82 Å². The number of hydrogen-bond acceptors (Lipinski definition) is 7. The number of aliphatic hydroxyl groups excluding tert-OH is 3. The van der Waals surface area contributed by atoms with E-state index >= 15 is 0 Å². The number of fused-ring (bicyclic) bond motifs is 1. The molecular weight excluding hydrogens is 275 g/mol. The molecule has 1 fully saturated rings. The predicted molar refractivity (Wildman–Crippen MR) is 66.9 cm³/mol. The molecule has 0 radical (unpaired) electrons. The van der Waals surface area contributed by atoms with Gasteiger partial charge >= 0.3 is 29.6 Å². The van der Waals surface area contributed by atoms with Crippen LogP contribution in [-0.4, -0.2) is 56.6 Å². The first-order chi connectivity index (χ1) is 9.20. The Labute approximate surface area is 139 Å². The van der Waals surface area contributed by atoms with Gasteiger partial charge in [-0.2, -0.15) is 0 Å². The molecule has 0 saturated carbocycles. The Bertz CT molecular complexity index is 501. The molecule has 8 nitrogen and oxygen atoms in total. The molecule has 0 aromatic carbocycles. The van der Waals surface area contributed by atoms with Crippen molar-refractivity contribution in [2.75, 3.05) is 18.5 Å². The van der Waals surface area contributed by atoms with Crippen molar-refractivity contribution < 1.29 is 51.0 Å². The van der Waals surface area contributed by atoms with E-state index in [-0.39, 0.29) is 44.1 Å². The molecule has 3 rings (SSSR count). The Hall–Kier alpha value is -0.480. The Morgan fingerprint density at radius 3 is 3.00 bits per heavy atom. The maximum absolute atomic E-state index is 9.89. The number of rotatable bonds is 2. The van der Waals surface area contributed by atoms with E-state index in [2.05, 4.69) is 15.3 Å². The monoisotopic (exact) mass is 292 g/mol. The van der Waals surface area contributed by atoms with E-state index in [9.17, 15) is 10.2 Å². The van der Waals surface area contributed by atoms with E-state index < -0.39 is 24.5 Å². The van der Waals surface area contributed by atoms with Gasteiger partial charge in [-0.15, -0.1) is 0 Å². The number of imidazole rings is 1. The third-order valence-corrected chi connectivity index (χ3v) is 3.40.